The molecule has 1 aromatic carbocycles. The number of nitrogens with zero attached hydrogens (tertiary/aromatic N) is 2. The molecule has 1 N–H and O–H groups in total. The van der Waals surface area contributed by atoms with Gasteiger partial charge in [-0.25, -0.2) is 9.79 Å². The second-order valence-corrected chi connectivity index (χ2v) is 7.73. The van der Waals surface area contributed by atoms with Crippen LogP contribution in [0, 0.1) is 0 Å². The summed E-state index contributed by atoms with van der Waals surface area (Å²) in [6.45, 7) is 3.88. The lowest BCUT2D eigenvalue weighted by Gasteiger charge is -2.45. The third-order valence-electron chi connectivity index (χ3n) is 5.21. The Balaban J connectivity index is 2.23. The van der Waals surface area contributed by atoms with Gasteiger partial charge < -0.3 is 24.2 Å². The van der Waals surface area contributed by atoms with Gasteiger partial charge in [-0.1, -0.05) is 18.7 Å². The summed E-state index contributed by atoms with van der Waals surface area (Å²) in [4.78, 5) is 19.0. The van der Waals surface area contributed by atoms with Gasteiger partial charge >= 0.3 is 5.97 Å². The first-order valence-corrected chi connectivity index (χ1v) is 10.2. The Morgan fingerprint density at radius 3 is 2.39 bits per heavy atom. The summed E-state index contributed by atoms with van der Waals surface area (Å²) in [5.74, 6) is 1.49. The fourth-order valence-corrected chi connectivity index (χ4v) is 5.04. The van der Waals surface area contributed by atoms with Crippen molar-refractivity contribution in [2.75, 3.05) is 27.1 Å². The molecule has 2 aliphatic rings. The van der Waals surface area contributed by atoms with Crippen molar-refractivity contribution in [3.05, 3.63) is 29.0 Å². The third kappa shape index (κ3) is 3.41. The number of amidine groups is 1. The molecule has 7 nitrogen and oxygen atoms in total. The standard InChI is InChI=1S/C20H26N2O5S/c1-6-13-7-8-28-20-21-11(2)16(19(23)24)17(22(13)20)12-9-14(25-3)18(27-5)15(10-12)26-4/h9-10,13,17H,6-8H2,1-5H3,(H,23,24). The SMILES string of the molecule is CCC1CCSC2=NC(C)=C(C(=O)O)C(c3cc(OC)c(OC)c(OC)c3)N21. The Kier molecular flexibility index (Phi) is 6.07. The lowest BCUT2D eigenvalue weighted by Crippen LogP contribution is -2.48. The van der Waals surface area contributed by atoms with Crippen molar-refractivity contribution in [1.82, 2.24) is 4.90 Å². The van der Waals surface area contributed by atoms with Crippen molar-refractivity contribution in [2.45, 2.75) is 38.8 Å². The fourth-order valence-electron chi connectivity index (χ4n) is 3.87. The number of methoxy groups -OCH3 is 3. The largest absolute Gasteiger partial charge is 0.493 e. The van der Waals surface area contributed by atoms with E-state index in [2.05, 4.69) is 16.8 Å². The number of ether oxygens (including phenoxy) is 3. The van der Waals surface area contributed by atoms with Crippen LogP contribution in [0.3, 0.4) is 0 Å². The Morgan fingerprint density at radius 1 is 1.25 bits per heavy atom. The number of aliphatic imine (C=N–C) groups is 1. The van der Waals surface area contributed by atoms with Crippen molar-refractivity contribution in [3.8, 4) is 17.2 Å². The van der Waals surface area contributed by atoms with Crippen molar-refractivity contribution >= 4 is 22.9 Å². The van der Waals surface area contributed by atoms with Gasteiger partial charge in [0.15, 0.2) is 16.7 Å². The summed E-state index contributed by atoms with van der Waals surface area (Å²) in [6, 6.07) is 3.40. The van der Waals surface area contributed by atoms with E-state index in [-0.39, 0.29) is 11.6 Å². The van der Waals surface area contributed by atoms with E-state index in [1.54, 1.807) is 40.0 Å². The third-order valence-corrected chi connectivity index (χ3v) is 6.21. The van der Waals surface area contributed by atoms with Crippen LogP contribution in [0.4, 0.5) is 0 Å². The van der Waals surface area contributed by atoms with Gasteiger partial charge in [0.1, 0.15) is 0 Å². The van der Waals surface area contributed by atoms with Crippen LogP contribution in [-0.2, 0) is 4.79 Å². The predicted octanol–water partition coefficient (Wildman–Crippen LogP) is 3.70. The van der Waals surface area contributed by atoms with Gasteiger partial charge in [0.05, 0.1) is 38.6 Å². The van der Waals surface area contributed by atoms with Gasteiger partial charge in [-0.2, -0.15) is 0 Å². The average Bonchev–Trinajstić information content (AvgIpc) is 2.70. The minimum absolute atomic E-state index is 0.214. The molecule has 0 saturated carbocycles. The summed E-state index contributed by atoms with van der Waals surface area (Å²) < 4.78 is 16.4. The van der Waals surface area contributed by atoms with Gasteiger partial charge in [-0.15, -0.1) is 0 Å². The Hall–Kier alpha value is -2.35. The highest BCUT2D eigenvalue weighted by molar-refractivity contribution is 8.13. The molecule has 152 valence electrons. The summed E-state index contributed by atoms with van der Waals surface area (Å²) in [5, 5.41) is 10.9. The normalized spacial score (nSPS) is 21.8. The molecular formula is C20H26N2O5S. The van der Waals surface area contributed by atoms with E-state index in [1.807, 2.05) is 12.1 Å². The minimum atomic E-state index is -0.968. The molecule has 1 aromatic rings. The van der Waals surface area contributed by atoms with E-state index in [9.17, 15) is 9.90 Å². The number of carboxylic acid groups (broad SMARTS) is 1. The van der Waals surface area contributed by atoms with Crippen LogP contribution in [-0.4, -0.2) is 54.3 Å². The number of carboxylic acids is 1. The van der Waals surface area contributed by atoms with E-state index in [4.69, 9.17) is 14.2 Å². The molecule has 0 spiro atoms. The lowest BCUT2D eigenvalue weighted by molar-refractivity contribution is -0.133. The number of allylic oxidation sites excluding steroid dienone is 1. The highest BCUT2D eigenvalue weighted by Gasteiger charge is 2.41. The summed E-state index contributed by atoms with van der Waals surface area (Å²) in [6.07, 6.45) is 1.89. The molecule has 0 aromatic heterocycles. The van der Waals surface area contributed by atoms with Crippen LogP contribution in [0.2, 0.25) is 0 Å². The predicted molar refractivity (Wildman–Crippen MR) is 110 cm³/mol. The number of benzene rings is 1. The minimum Gasteiger partial charge on any atom is -0.493 e. The second kappa shape index (κ2) is 8.34. The first-order valence-electron chi connectivity index (χ1n) is 9.20. The highest BCUT2D eigenvalue weighted by Crippen LogP contribution is 2.46. The van der Waals surface area contributed by atoms with Crippen molar-refractivity contribution in [2.24, 2.45) is 4.99 Å². The van der Waals surface area contributed by atoms with E-state index in [1.165, 1.54) is 0 Å². The topological polar surface area (TPSA) is 80.6 Å². The average molecular weight is 407 g/mol. The summed E-state index contributed by atoms with van der Waals surface area (Å²) in [5.41, 5.74) is 1.58. The Bertz CT molecular complexity index is 811. The van der Waals surface area contributed by atoms with Gasteiger partial charge in [0, 0.05) is 11.8 Å². The zero-order chi connectivity index (χ0) is 20.4. The van der Waals surface area contributed by atoms with Crippen molar-refractivity contribution in [1.29, 1.82) is 0 Å². The van der Waals surface area contributed by atoms with Crippen LogP contribution in [0.1, 0.15) is 38.3 Å². The molecule has 1 fully saturated rings. The maximum Gasteiger partial charge on any atom is 0.335 e. The molecule has 3 rings (SSSR count). The molecule has 8 heteroatoms. The fraction of sp³-hybridized carbons (Fsp3) is 0.500. The molecule has 0 aliphatic carbocycles. The molecule has 2 heterocycles. The molecule has 0 bridgehead atoms. The zero-order valence-corrected chi connectivity index (χ0v) is 17.6. The first-order chi connectivity index (χ1) is 13.5. The maximum absolute atomic E-state index is 12.2. The number of hydrogen-bond donors (Lipinski definition) is 1. The quantitative estimate of drug-likeness (QED) is 0.771. The number of carbonyl (C=O) groups is 1. The molecule has 2 aliphatic heterocycles. The van der Waals surface area contributed by atoms with Gasteiger partial charge in [-0.3, -0.25) is 0 Å². The van der Waals surface area contributed by atoms with Crippen LogP contribution >= 0.6 is 11.8 Å². The number of thioether (sulfide) groups is 1. The number of rotatable bonds is 6. The van der Waals surface area contributed by atoms with E-state index < -0.39 is 12.0 Å². The maximum atomic E-state index is 12.2. The molecule has 2 atom stereocenters. The van der Waals surface area contributed by atoms with Gasteiger partial charge in [0.2, 0.25) is 5.75 Å². The summed E-state index contributed by atoms with van der Waals surface area (Å²) >= 11 is 1.67. The number of fused-ring (bicyclic) bond motifs is 1. The van der Waals surface area contributed by atoms with Crippen molar-refractivity contribution in [3.63, 3.8) is 0 Å². The van der Waals surface area contributed by atoms with E-state index >= 15 is 0 Å². The molecule has 28 heavy (non-hydrogen) atoms. The lowest BCUT2D eigenvalue weighted by atomic mass is 9.91. The second-order valence-electron chi connectivity index (χ2n) is 6.67. The van der Waals surface area contributed by atoms with Crippen molar-refractivity contribution < 1.29 is 24.1 Å². The molecular weight excluding hydrogens is 380 g/mol. The van der Waals surface area contributed by atoms with Gasteiger partial charge in [0.25, 0.3) is 0 Å². The number of aliphatic carboxylic acids is 1. The van der Waals surface area contributed by atoms with Crippen LogP contribution in [0.15, 0.2) is 28.4 Å². The van der Waals surface area contributed by atoms with Crippen LogP contribution < -0.4 is 14.2 Å². The van der Waals surface area contributed by atoms with E-state index in [0.29, 0.717) is 22.9 Å². The van der Waals surface area contributed by atoms with Crippen LogP contribution in [0.25, 0.3) is 0 Å². The van der Waals surface area contributed by atoms with Gasteiger partial charge in [-0.05, 0) is 37.5 Å². The Labute approximate surface area is 169 Å². The number of hydrogen-bond acceptors (Lipinski definition) is 7. The highest BCUT2D eigenvalue weighted by atomic mass is 32.2. The van der Waals surface area contributed by atoms with E-state index in [0.717, 1.165) is 29.3 Å². The zero-order valence-electron chi connectivity index (χ0n) is 16.8. The smallest absolute Gasteiger partial charge is 0.335 e. The Morgan fingerprint density at radius 2 is 1.89 bits per heavy atom. The first kappa shape index (κ1) is 20.4. The molecule has 1 saturated heterocycles. The van der Waals surface area contributed by atoms with Crippen LogP contribution in [0.5, 0.6) is 17.2 Å². The molecule has 0 amide bonds. The molecule has 2 unspecified atom stereocenters. The monoisotopic (exact) mass is 406 g/mol. The molecule has 0 radical (unpaired) electrons. The summed E-state index contributed by atoms with van der Waals surface area (Å²) in [7, 11) is 4.66.